The summed E-state index contributed by atoms with van der Waals surface area (Å²) in [4.78, 5) is 52.7. The fraction of sp³-hybridized carbons (Fsp3) is 0.152. The third-order valence-corrected chi connectivity index (χ3v) is 6.92. The molecule has 43 heavy (non-hydrogen) atoms. The smallest absolute Gasteiger partial charge is 0.338 e. The molecule has 0 saturated carbocycles. The molecule has 0 unspecified atom stereocenters. The molecule has 0 spiro atoms. The molecule has 1 aliphatic heterocycles. The Kier molecular flexibility index (Phi) is 7.84. The van der Waals surface area contributed by atoms with E-state index in [2.05, 4.69) is 0 Å². The highest BCUT2D eigenvalue weighted by atomic mass is 16.7. The summed E-state index contributed by atoms with van der Waals surface area (Å²) in [7, 11) is 0. The molecule has 0 N–H and O–H groups in total. The van der Waals surface area contributed by atoms with Crippen molar-refractivity contribution in [1.82, 2.24) is 4.74 Å². The van der Waals surface area contributed by atoms with E-state index in [0.29, 0.717) is 5.56 Å². The number of rotatable bonds is 8. The average Bonchev–Trinajstić information content (AvgIpc) is 3.57. The molecule has 0 amide bonds. The molecule has 1 saturated heterocycles. The van der Waals surface area contributed by atoms with Crippen LogP contribution in [0, 0.1) is 0 Å². The van der Waals surface area contributed by atoms with E-state index in [1.165, 1.54) is 0 Å². The van der Waals surface area contributed by atoms with Crippen LogP contribution in [0.15, 0.2) is 125 Å². The number of nitrogens with zero attached hydrogens (tertiary/aromatic N) is 1. The first-order valence-electron chi connectivity index (χ1n) is 13.5. The summed E-state index contributed by atoms with van der Waals surface area (Å²) in [5.74, 6) is -2.11. The van der Waals surface area contributed by atoms with Gasteiger partial charge in [-0.15, -0.1) is 4.74 Å². The highest BCUT2D eigenvalue weighted by molar-refractivity contribution is 5.91. The molecule has 4 aromatic carbocycles. The SMILES string of the molecule is O=C(OC[C@H]1O[C@@H](n2oc3ccccc3c2=O)[C@H](OC(=O)c2ccccc2)[C@@H]1OC(=O)c1ccccc1)c1ccccc1. The van der Waals surface area contributed by atoms with Gasteiger partial charge in [-0.25, -0.2) is 14.4 Å². The van der Waals surface area contributed by atoms with Crippen molar-refractivity contribution in [2.45, 2.75) is 24.5 Å². The first-order valence-corrected chi connectivity index (χ1v) is 13.5. The maximum atomic E-state index is 13.4. The second-order valence-electron chi connectivity index (χ2n) is 9.72. The summed E-state index contributed by atoms with van der Waals surface area (Å²) >= 11 is 0. The monoisotopic (exact) mass is 579 g/mol. The van der Waals surface area contributed by atoms with Crippen molar-refractivity contribution in [3.05, 3.63) is 142 Å². The number of fused-ring (bicyclic) bond motifs is 1. The lowest BCUT2D eigenvalue weighted by molar-refractivity contribution is -0.0919. The van der Waals surface area contributed by atoms with Crippen LogP contribution in [0.5, 0.6) is 0 Å². The van der Waals surface area contributed by atoms with Gasteiger partial charge in [0, 0.05) is 0 Å². The first-order chi connectivity index (χ1) is 21.0. The number of ether oxygens (including phenoxy) is 4. The third-order valence-electron chi connectivity index (χ3n) is 6.92. The molecule has 0 radical (unpaired) electrons. The Morgan fingerprint density at radius 3 is 1.67 bits per heavy atom. The van der Waals surface area contributed by atoms with Gasteiger partial charge in [-0.05, 0) is 48.5 Å². The van der Waals surface area contributed by atoms with Crippen molar-refractivity contribution in [3.63, 3.8) is 0 Å². The van der Waals surface area contributed by atoms with E-state index in [0.717, 1.165) is 4.74 Å². The normalized spacial score (nSPS) is 19.5. The molecule has 5 aromatic rings. The maximum absolute atomic E-state index is 13.4. The highest BCUT2D eigenvalue weighted by Gasteiger charge is 2.52. The molecule has 1 fully saturated rings. The van der Waals surface area contributed by atoms with Crippen LogP contribution in [0.1, 0.15) is 37.3 Å². The summed E-state index contributed by atoms with van der Waals surface area (Å²) in [6, 6.07) is 31.3. The van der Waals surface area contributed by atoms with E-state index in [4.69, 9.17) is 23.5 Å². The van der Waals surface area contributed by atoms with Crippen LogP contribution in [-0.4, -0.2) is 47.6 Å². The van der Waals surface area contributed by atoms with Crippen LogP contribution in [0.25, 0.3) is 11.0 Å². The quantitative estimate of drug-likeness (QED) is 0.188. The van der Waals surface area contributed by atoms with Crippen LogP contribution in [0.2, 0.25) is 0 Å². The van der Waals surface area contributed by atoms with Crippen LogP contribution < -0.4 is 5.56 Å². The summed E-state index contributed by atoms with van der Waals surface area (Å²) in [5.41, 5.74) is 0.498. The Hall–Kier alpha value is -5.48. The predicted molar refractivity (Wildman–Crippen MR) is 152 cm³/mol. The molecule has 0 bridgehead atoms. The molecule has 10 nitrogen and oxygen atoms in total. The van der Waals surface area contributed by atoms with Gasteiger partial charge in [0.05, 0.1) is 22.1 Å². The minimum absolute atomic E-state index is 0.227. The number of carbonyl (C=O) groups excluding carboxylic acids is 3. The Balaban J connectivity index is 1.37. The van der Waals surface area contributed by atoms with Gasteiger partial charge in [0.25, 0.3) is 5.56 Å². The number of esters is 3. The number of hydrogen-bond donors (Lipinski definition) is 0. The lowest BCUT2D eigenvalue weighted by Gasteiger charge is -2.24. The lowest BCUT2D eigenvalue weighted by atomic mass is 10.1. The largest absolute Gasteiger partial charge is 0.459 e. The van der Waals surface area contributed by atoms with Gasteiger partial charge in [-0.1, -0.05) is 66.7 Å². The summed E-state index contributed by atoms with van der Waals surface area (Å²) in [5, 5.41) is 0.274. The van der Waals surface area contributed by atoms with Crippen molar-refractivity contribution in [1.29, 1.82) is 0 Å². The molecule has 1 aliphatic rings. The van der Waals surface area contributed by atoms with Crippen molar-refractivity contribution in [2.24, 2.45) is 0 Å². The highest BCUT2D eigenvalue weighted by Crippen LogP contribution is 2.35. The Morgan fingerprint density at radius 2 is 1.12 bits per heavy atom. The van der Waals surface area contributed by atoms with Gasteiger partial charge in [-0.2, -0.15) is 0 Å². The number of para-hydroxylation sites is 1. The third kappa shape index (κ3) is 5.81. The van der Waals surface area contributed by atoms with Gasteiger partial charge in [0.15, 0.2) is 17.8 Å². The molecular formula is C33H25NO9. The van der Waals surface area contributed by atoms with Crippen LogP contribution >= 0.6 is 0 Å². The lowest BCUT2D eigenvalue weighted by Crippen LogP contribution is -2.42. The van der Waals surface area contributed by atoms with E-state index < -0.39 is 48.0 Å². The number of benzene rings is 4. The van der Waals surface area contributed by atoms with Gasteiger partial charge in [0.2, 0.25) is 6.23 Å². The second-order valence-corrected chi connectivity index (χ2v) is 9.72. The minimum Gasteiger partial charge on any atom is -0.459 e. The number of hydrogen-bond acceptors (Lipinski definition) is 9. The molecule has 4 atom stereocenters. The zero-order valence-corrected chi connectivity index (χ0v) is 22.6. The van der Waals surface area contributed by atoms with Gasteiger partial charge in [-0.3, -0.25) is 4.79 Å². The molecule has 6 rings (SSSR count). The van der Waals surface area contributed by atoms with E-state index in [9.17, 15) is 19.2 Å². The fourth-order valence-corrected chi connectivity index (χ4v) is 4.80. The topological polar surface area (TPSA) is 123 Å². The molecule has 0 aliphatic carbocycles. The number of aromatic nitrogens is 1. The second kappa shape index (κ2) is 12.2. The molecule has 216 valence electrons. The molecule has 1 aromatic heterocycles. The van der Waals surface area contributed by atoms with E-state index in [1.807, 2.05) is 0 Å². The van der Waals surface area contributed by atoms with Crippen molar-refractivity contribution in [2.75, 3.05) is 6.61 Å². The van der Waals surface area contributed by atoms with Crippen LogP contribution in [0.4, 0.5) is 0 Å². The number of carbonyl (C=O) groups is 3. The maximum Gasteiger partial charge on any atom is 0.338 e. The standard InChI is InChI=1S/C33H25NO9/c35-29-24-18-10-11-19-25(24)43-34(29)30-28(42-33(38)23-16-8-3-9-17-23)27(41-32(37)22-14-6-2-7-15-22)26(40-30)20-39-31(36)21-12-4-1-5-13-21/h1-19,26-28,30H,20H2/t26-,27-,28-,30-/m1/s1. The summed E-state index contributed by atoms with van der Waals surface area (Å²) < 4.78 is 30.2. The van der Waals surface area contributed by atoms with Crippen LogP contribution in [0.3, 0.4) is 0 Å². The molecule has 2 heterocycles. The minimum atomic E-state index is -1.36. The van der Waals surface area contributed by atoms with Crippen LogP contribution in [-0.2, 0) is 18.9 Å². The Bertz CT molecular complexity index is 1800. The van der Waals surface area contributed by atoms with E-state index in [-0.39, 0.29) is 28.7 Å². The molecule has 10 heteroatoms. The van der Waals surface area contributed by atoms with Gasteiger partial charge < -0.3 is 23.5 Å². The van der Waals surface area contributed by atoms with E-state index >= 15 is 0 Å². The first kappa shape index (κ1) is 27.7. The van der Waals surface area contributed by atoms with Crippen molar-refractivity contribution < 1.29 is 37.9 Å². The van der Waals surface area contributed by atoms with Gasteiger partial charge >= 0.3 is 17.9 Å². The average molecular weight is 580 g/mol. The zero-order chi connectivity index (χ0) is 29.8. The summed E-state index contributed by atoms with van der Waals surface area (Å²) in [6.07, 6.45) is -5.16. The summed E-state index contributed by atoms with van der Waals surface area (Å²) in [6.45, 7) is -0.384. The zero-order valence-electron chi connectivity index (χ0n) is 22.6. The Morgan fingerprint density at radius 1 is 0.628 bits per heavy atom. The molecular weight excluding hydrogens is 554 g/mol. The van der Waals surface area contributed by atoms with Crippen molar-refractivity contribution in [3.8, 4) is 0 Å². The van der Waals surface area contributed by atoms with E-state index in [1.54, 1.807) is 115 Å². The Labute approximate surface area is 244 Å². The van der Waals surface area contributed by atoms with Crippen molar-refractivity contribution >= 4 is 28.9 Å². The predicted octanol–water partition coefficient (Wildman–Crippen LogP) is 4.80. The fourth-order valence-electron chi connectivity index (χ4n) is 4.80. The van der Waals surface area contributed by atoms with Gasteiger partial charge in [0.1, 0.15) is 12.7 Å².